The van der Waals surface area contributed by atoms with E-state index < -0.39 is 17.8 Å². The number of Topliss-reactive ketones (excluding diaryl/α,β-unsaturated/α-hetero) is 1. The van der Waals surface area contributed by atoms with Gasteiger partial charge in [-0.1, -0.05) is 42.3 Å². The molecule has 1 unspecified atom stereocenters. The molecule has 0 aromatic heterocycles. The van der Waals surface area contributed by atoms with Gasteiger partial charge in [0.1, 0.15) is 11.5 Å². The number of benzene rings is 3. The van der Waals surface area contributed by atoms with Crippen LogP contribution in [0.25, 0.3) is 0 Å². The molecule has 0 radical (unpaired) electrons. The summed E-state index contributed by atoms with van der Waals surface area (Å²) in [5, 5.41) is 12.6. The molecule has 0 aliphatic carbocycles. The first-order valence-corrected chi connectivity index (χ1v) is 12.8. The third kappa shape index (κ3) is 6.29. The molecule has 0 saturated carbocycles. The van der Waals surface area contributed by atoms with Crippen LogP contribution in [0.1, 0.15) is 53.2 Å². The molecular formula is C30H28ClFN2O4. The van der Waals surface area contributed by atoms with E-state index in [1.807, 2.05) is 31.2 Å². The Morgan fingerprint density at radius 1 is 1.00 bits per heavy atom. The van der Waals surface area contributed by atoms with E-state index >= 15 is 0 Å². The largest absolute Gasteiger partial charge is 0.481 e. The lowest BCUT2D eigenvalue weighted by atomic mass is 9.92. The number of aryl methyl sites for hydroxylation is 1. The van der Waals surface area contributed by atoms with Crippen LogP contribution in [0.2, 0.25) is 5.02 Å². The highest BCUT2D eigenvalue weighted by molar-refractivity contribution is 6.30. The number of carboxylic acids is 1. The van der Waals surface area contributed by atoms with Crippen LogP contribution in [-0.2, 0) is 9.59 Å². The second kappa shape index (κ2) is 12.0. The molecule has 196 valence electrons. The predicted octanol–water partition coefficient (Wildman–Crippen LogP) is 6.56. The molecule has 3 aromatic carbocycles. The van der Waals surface area contributed by atoms with E-state index in [0.29, 0.717) is 47.6 Å². The zero-order valence-corrected chi connectivity index (χ0v) is 21.7. The molecule has 0 bridgehead atoms. The summed E-state index contributed by atoms with van der Waals surface area (Å²) in [6.07, 6.45) is 1.69. The van der Waals surface area contributed by atoms with Crippen LogP contribution < -0.4 is 5.32 Å². The van der Waals surface area contributed by atoms with Crippen molar-refractivity contribution >= 4 is 34.9 Å². The minimum Gasteiger partial charge on any atom is -0.481 e. The Kier molecular flexibility index (Phi) is 8.59. The summed E-state index contributed by atoms with van der Waals surface area (Å²) in [6.45, 7) is 2.23. The summed E-state index contributed by atoms with van der Waals surface area (Å²) in [7, 11) is 0. The number of halogens is 2. The number of nitrogens with zero attached hydrogens (tertiary/aromatic N) is 1. The molecule has 0 saturated heterocycles. The maximum absolute atomic E-state index is 14.0. The maximum atomic E-state index is 14.0. The van der Waals surface area contributed by atoms with Crippen LogP contribution in [-0.4, -0.2) is 34.2 Å². The number of carboxylic acid groups (broad SMARTS) is 1. The molecule has 1 aliphatic rings. The van der Waals surface area contributed by atoms with Crippen LogP contribution in [0.4, 0.5) is 10.1 Å². The Morgan fingerprint density at radius 3 is 2.37 bits per heavy atom. The van der Waals surface area contributed by atoms with Crippen LogP contribution in [0.15, 0.2) is 84.1 Å². The second-order valence-corrected chi connectivity index (χ2v) is 9.71. The number of hydrogen-bond donors (Lipinski definition) is 2. The van der Waals surface area contributed by atoms with Crippen molar-refractivity contribution in [3.63, 3.8) is 0 Å². The van der Waals surface area contributed by atoms with Crippen molar-refractivity contribution in [1.29, 1.82) is 0 Å². The molecule has 1 atom stereocenters. The molecule has 2 N–H and O–H groups in total. The normalized spacial score (nSPS) is 15.2. The van der Waals surface area contributed by atoms with Crippen molar-refractivity contribution in [3.05, 3.63) is 112 Å². The number of anilines is 1. The number of aliphatic carboxylic acids is 1. The first-order chi connectivity index (χ1) is 18.2. The molecular weight excluding hydrogens is 507 g/mol. The summed E-state index contributed by atoms with van der Waals surface area (Å²) in [6, 6.07) is 19.0. The quantitative estimate of drug-likeness (QED) is 0.215. The fraction of sp³-hybridized carbons (Fsp3) is 0.233. The van der Waals surface area contributed by atoms with Crippen LogP contribution in [0.5, 0.6) is 0 Å². The Bertz CT molecular complexity index is 1370. The third-order valence-electron chi connectivity index (χ3n) is 6.44. The summed E-state index contributed by atoms with van der Waals surface area (Å²) < 4.78 is 13.8. The molecule has 0 fully saturated rings. The van der Waals surface area contributed by atoms with Crippen LogP contribution in [0.3, 0.4) is 0 Å². The number of ketones is 1. The Morgan fingerprint density at radius 2 is 1.71 bits per heavy atom. The van der Waals surface area contributed by atoms with Crippen molar-refractivity contribution in [2.45, 2.75) is 38.6 Å². The van der Waals surface area contributed by atoms with Gasteiger partial charge in [0.05, 0.1) is 11.6 Å². The monoisotopic (exact) mass is 534 g/mol. The van der Waals surface area contributed by atoms with Crippen LogP contribution >= 0.6 is 11.6 Å². The van der Waals surface area contributed by atoms with E-state index in [-0.39, 0.29) is 29.4 Å². The summed E-state index contributed by atoms with van der Waals surface area (Å²) in [4.78, 5) is 40.3. The lowest BCUT2D eigenvalue weighted by Gasteiger charge is -2.27. The molecule has 6 nitrogen and oxygen atoms in total. The Labute approximate surface area is 225 Å². The second-order valence-electron chi connectivity index (χ2n) is 9.28. The number of amides is 1. The number of hydrogen-bond acceptors (Lipinski definition) is 4. The highest BCUT2D eigenvalue weighted by Gasteiger charge is 2.43. The first-order valence-electron chi connectivity index (χ1n) is 12.4. The topological polar surface area (TPSA) is 86.7 Å². The summed E-state index contributed by atoms with van der Waals surface area (Å²) >= 11 is 6.04. The van der Waals surface area contributed by atoms with Gasteiger partial charge in [0.2, 0.25) is 0 Å². The zero-order valence-electron chi connectivity index (χ0n) is 20.9. The highest BCUT2D eigenvalue weighted by atomic mass is 35.5. The lowest BCUT2D eigenvalue weighted by molar-refractivity contribution is -0.137. The van der Waals surface area contributed by atoms with E-state index in [4.69, 9.17) is 16.7 Å². The zero-order chi connectivity index (χ0) is 27.2. The van der Waals surface area contributed by atoms with Gasteiger partial charge in [0.25, 0.3) is 5.91 Å². The average molecular weight is 535 g/mol. The first kappa shape index (κ1) is 27.1. The number of nitrogens with one attached hydrogen (secondary N) is 1. The van der Waals surface area contributed by atoms with Gasteiger partial charge in [0, 0.05) is 29.2 Å². The lowest BCUT2D eigenvalue weighted by Crippen LogP contribution is -2.32. The van der Waals surface area contributed by atoms with Gasteiger partial charge in [0.15, 0.2) is 5.78 Å². The molecule has 1 amide bonds. The van der Waals surface area contributed by atoms with Gasteiger partial charge < -0.3 is 15.3 Å². The number of rotatable bonds is 11. The Balaban J connectivity index is 1.78. The summed E-state index contributed by atoms with van der Waals surface area (Å²) in [5.74, 6) is -1.98. The van der Waals surface area contributed by atoms with E-state index in [9.17, 15) is 18.8 Å². The number of unbranched alkanes of at least 4 members (excludes halogenated alkanes) is 2. The van der Waals surface area contributed by atoms with E-state index in [0.717, 1.165) is 5.56 Å². The van der Waals surface area contributed by atoms with E-state index in [1.54, 1.807) is 41.3 Å². The predicted molar refractivity (Wildman–Crippen MR) is 145 cm³/mol. The molecule has 38 heavy (non-hydrogen) atoms. The summed E-state index contributed by atoms with van der Waals surface area (Å²) in [5.41, 5.74) is 3.04. The Hall–Kier alpha value is -3.97. The fourth-order valence-corrected chi connectivity index (χ4v) is 4.73. The van der Waals surface area contributed by atoms with Gasteiger partial charge in [-0.25, -0.2) is 4.39 Å². The van der Waals surface area contributed by atoms with Gasteiger partial charge in [-0.2, -0.15) is 0 Å². The SMILES string of the molecule is Cc1cccc(NC2=C(C(=O)c3ccc(Cl)cc3)C(c3ccc(F)cc3)N(CCCCCC(=O)O)C2=O)c1. The molecule has 3 aromatic rings. The van der Waals surface area contributed by atoms with Crippen molar-refractivity contribution in [1.82, 2.24) is 4.90 Å². The van der Waals surface area contributed by atoms with Gasteiger partial charge in [-0.3, -0.25) is 14.4 Å². The molecule has 8 heteroatoms. The van der Waals surface area contributed by atoms with E-state index in [2.05, 4.69) is 5.32 Å². The standard InChI is InChI=1S/C30H28ClFN2O4/c1-19-6-5-7-24(18-19)33-27-26(29(37)21-9-13-22(31)14-10-21)28(20-11-15-23(32)16-12-20)34(30(27)38)17-4-2-3-8-25(35)36/h5-7,9-16,18,28,33H,2-4,8,17H2,1H3,(H,35,36). The van der Waals surface area contributed by atoms with Gasteiger partial charge in [-0.05, 0) is 79.4 Å². The fourth-order valence-electron chi connectivity index (χ4n) is 4.61. The molecule has 1 heterocycles. The van der Waals surface area contributed by atoms with Crippen LogP contribution in [0, 0.1) is 12.7 Å². The number of carbonyl (C=O) groups is 3. The molecule has 1 aliphatic heterocycles. The molecule has 4 rings (SSSR count). The van der Waals surface area contributed by atoms with Gasteiger partial charge >= 0.3 is 5.97 Å². The van der Waals surface area contributed by atoms with Crippen molar-refractivity contribution in [3.8, 4) is 0 Å². The van der Waals surface area contributed by atoms with Crippen molar-refractivity contribution in [2.24, 2.45) is 0 Å². The van der Waals surface area contributed by atoms with E-state index in [1.165, 1.54) is 12.1 Å². The minimum absolute atomic E-state index is 0.0497. The minimum atomic E-state index is -0.867. The third-order valence-corrected chi connectivity index (χ3v) is 6.69. The highest BCUT2D eigenvalue weighted by Crippen LogP contribution is 2.40. The van der Waals surface area contributed by atoms with Crippen molar-refractivity contribution in [2.75, 3.05) is 11.9 Å². The smallest absolute Gasteiger partial charge is 0.303 e. The van der Waals surface area contributed by atoms with Gasteiger partial charge in [-0.15, -0.1) is 0 Å². The average Bonchev–Trinajstić information content (AvgIpc) is 3.15. The maximum Gasteiger partial charge on any atom is 0.303 e. The molecule has 0 spiro atoms. The number of carbonyl (C=O) groups excluding carboxylic acids is 2. The van der Waals surface area contributed by atoms with Crippen molar-refractivity contribution < 1.29 is 23.9 Å².